The molecule has 0 aromatic heterocycles. The van der Waals surface area contributed by atoms with E-state index in [9.17, 15) is 21.6 Å². The topological polar surface area (TPSA) is 108 Å². The number of hydrogen-bond acceptors (Lipinski definition) is 7. The van der Waals surface area contributed by atoms with E-state index in [1.165, 1.54) is 28.6 Å². The van der Waals surface area contributed by atoms with Crippen LogP contribution in [-0.2, 0) is 24.8 Å². The van der Waals surface area contributed by atoms with Crippen molar-refractivity contribution in [3.63, 3.8) is 0 Å². The molecule has 2 aliphatic heterocycles. The summed E-state index contributed by atoms with van der Waals surface area (Å²) in [6.45, 7) is 1.30. The van der Waals surface area contributed by atoms with E-state index in [0.717, 1.165) is 15.7 Å². The summed E-state index contributed by atoms with van der Waals surface area (Å²) in [6, 6.07) is 22.4. The highest BCUT2D eigenvalue weighted by Crippen LogP contribution is 2.30. The van der Waals surface area contributed by atoms with Crippen molar-refractivity contribution in [2.45, 2.75) is 15.8 Å². The van der Waals surface area contributed by atoms with Gasteiger partial charge in [0.05, 0.1) is 22.6 Å². The smallest absolute Gasteiger partial charge is 0.243 e. The molecular formula is C28H32N4O6S2. The number of methoxy groups -OCH3 is 1. The number of sulfonamides is 2. The maximum atomic E-state index is 14.0. The molecular weight excluding hydrogens is 552 g/mol. The van der Waals surface area contributed by atoms with Gasteiger partial charge in [0.1, 0.15) is 11.8 Å². The van der Waals surface area contributed by atoms with Crippen LogP contribution in [0, 0.1) is 0 Å². The zero-order valence-electron chi connectivity index (χ0n) is 22.2. The van der Waals surface area contributed by atoms with E-state index in [1.807, 2.05) is 24.3 Å². The lowest BCUT2D eigenvalue weighted by Crippen LogP contribution is -2.63. The summed E-state index contributed by atoms with van der Waals surface area (Å²) in [4.78, 5) is 17.9. The van der Waals surface area contributed by atoms with Crippen molar-refractivity contribution in [3.8, 4) is 5.75 Å². The molecule has 3 aromatic carbocycles. The lowest BCUT2D eigenvalue weighted by atomic mass is 10.1. The Hall–Kier alpha value is -3.45. The Morgan fingerprint density at radius 1 is 0.700 bits per heavy atom. The maximum Gasteiger partial charge on any atom is 0.243 e. The summed E-state index contributed by atoms with van der Waals surface area (Å²) >= 11 is 0. The second kappa shape index (κ2) is 11.6. The van der Waals surface area contributed by atoms with Crippen LogP contribution in [0.15, 0.2) is 94.7 Å². The van der Waals surface area contributed by atoms with Crippen LogP contribution in [0.25, 0.3) is 0 Å². The maximum absolute atomic E-state index is 14.0. The van der Waals surface area contributed by atoms with Crippen molar-refractivity contribution in [1.29, 1.82) is 0 Å². The minimum Gasteiger partial charge on any atom is -0.495 e. The molecule has 5 rings (SSSR count). The molecule has 0 N–H and O–H groups in total. The second-order valence-electron chi connectivity index (χ2n) is 9.60. The van der Waals surface area contributed by atoms with Crippen LogP contribution in [0.2, 0.25) is 0 Å². The largest absolute Gasteiger partial charge is 0.495 e. The molecule has 10 nitrogen and oxygen atoms in total. The van der Waals surface area contributed by atoms with Gasteiger partial charge in [0.25, 0.3) is 0 Å². The zero-order valence-corrected chi connectivity index (χ0v) is 23.8. The molecule has 40 heavy (non-hydrogen) atoms. The fourth-order valence-corrected chi connectivity index (χ4v) is 8.23. The van der Waals surface area contributed by atoms with Crippen molar-refractivity contribution in [1.82, 2.24) is 13.5 Å². The summed E-state index contributed by atoms with van der Waals surface area (Å²) in [5, 5.41) is 0. The number of carbonyl (C=O) groups is 1. The minimum atomic E-state index is -4.05. The third-order valence-corrected chi connectivity index (χ3v) is 11.1. The first-order valence-corrected chi connectivity index (χ1v) is 15.9. The fraction of sp³-hybridized carbons (Fsp3) is 0.321. The molecule has 2 heterocycles. The van der Waals surface area contributed by atoms with E-state index >= 15 is 0 Å². The first-order chi connectivity index (χ1) is 19.2. The van der Waals surface area contributed by atoms with Crippen molar-refractivity contribution in [3.05, 3.63) is 84.9 Å². The number of anilines is 1. The average molecular weight is 585 g/mol. The van der Waals surface area contributed by atoms with Gasteiger partial charge in [-0.05, 0) is 36.4 Å². The fourth-order valence-electron chi connectivity index (χ4n) is 5.19. The number of hydrogen-bond donors (Lipinski definition) is 0. The van der Waals surface area contributed by atoms with Crippen LogP contribution in [0.4, 0.5) is 5.69 Å². The van der Waals surface area contributed by atoms with Gasteiger partial charge in [0.15, 0.2) is 0 Å². The lowest BCUT2D eigenvalue weighted by Gasteiger charge is -2.43. The number of para-hydroxylation sites is 2. The Balaban J connectivity index is 1.41. The highest BCUT2D eigenvalue weighted by molar-refractivity contribution is 7.89. The predicted octanol–water partition coefficient (Wildman–Crippen LogP) is 2.11. The first kappa shape index (κ1) is 28.1. The number of benzene rings is 3. The molecule has 0 aliphatic carbocycles. The first-order valence-electron chi connectivity index (χ1n) is 13.0. The molecule has 3 aromatic rings. The molecule has 1 unspecified atom stereocenters. The van der Waals surface area contributed by atoms with Crippen LogP contribution >= 0.6 is 0 Å². The standard InChI is InChI=1S/C28H32N4O6S2/c1-38-27-15-9-8-14-25(27)29-16-18-30(19-17-29)28(33)26-22-31(39(34,35)23-10-4-2-5-11-23)20-21-32(26)40(36,37)24-12-6-3-7-13-24/h2-15,26H,16-22H2,1H3. The van der Waals surface area contributed by atoms with Gasteiger partial charge in [0.2, 0.25) is 26.0 Å². The third-order valence-electron chi connectivity index (χ3n) is 7.33. The number of piperazine rings is 2. The summed E-state index contributed by atoms with van der Waals surface area (Å²) in [5.74, 6) is 0.323. The van der Waals surface area contributed by atoms with Crippen LogP contribution in [0.3, 0.4) is 0 Å². The third kappa shape index (κ3) is 5.44. The Labute approximate surface area is 235 Å². The molecule has 12 heteroatoms. The van der Waals surface area contributed by atoms with E-state index in [-0.39, 0.29) is 29.4 Å². The van der Waals surface area contributed by atoms with Gasteiger partial charge in [-0.3, -0.25) is 4.79 Å². The Bertz CT molecular complexity index is 1540. The summed E-state index contributed by atoms with van der Waals surface area (Å²) < 4.78 is 62.1. The van der Waals surface area contributed by atoms with E-state index in [2.05, 4.69) is 4.90 Å². The Morgan fingerprint density at radius 3 is 1.85 bits per heavy atom. The number of amides is 1. The molecule has 1 atom stereocenters. The number of carbonyl (C=O) groups excluding carboxylic acids is 1. The quantitative estimate of drug-likeness (QED) is 0.419. The molecule has 2 saturated heterocycles. The Kier molecular flexibility index (Phi) is 8.13. The van der Waals surface area contributed by atoms with Crippen molar-refractivity contribution >= 4 is 31.6 Å². The molecule has 212 valence electrons. The summed E-state index contributed by atoms with van der Waals surface area (Å²) in [5.41, 5.74) is 0.920. The van der Waals surface area contributed by atoms with E-state index in [0.29, 0.717) is 26.2 Å². The van der Waals surface area contributed by atoms with Gasteiger partial charge in [0, 0.05) is 45.8 Å². The van der Waals surface area contributed by atoms with Crippen LogP contribution in [0.1, 0.15) is 0 Å². The SMILES string of the molecule is COc1ccccc1N1CCN(C(=O)C2CN(S(=O)(=O)c3ccccc3)CCN2S(=O)(=O)c2ccccc2)CC1. The van der Waals surface area contributed by atoms with Gasteiger partial charge in [-0.1, -0.05) is 48.5 Å². The minimum absolute atomic E-state index is 0.0609. The monoisotopic (exact) mass is 584 g/mol. The highest BCUT2D eigenvalue weighted by Gasteiger charge is 2.45. The molecule has 0 spiro atoms. The molecule has 0 radical (unpaired) electrons. The Morgan fingerprint density at radius 2 is 1.25 bits per heavy atom. The van der Waals surface area contributed by atoms with Crippen LogP contribution in [0.5, 0.6) is 5.75 Å². The lowest BCUT2D eigenvalue weighted by molar-refractivity contribution is -0.136. The highest BCUT2D eigenvalue weighted by atomic mass is 32.2. The van der Waals surface area contributed by atoms with E-state index < -0.39 is 32.0 Å². The molecule has 2 fully saturated rings. The van der Waals surface area contributed by atoms with Gasteiger partial charge in [-0.25, -0.2) is 16.8 Å². The second-order valence-corrected chi connectivity index (χ2v) is 13.4. The summed E-state index contributed by atoms with van der Waals surface area (Å²) in [7, 11) is -6.37. The van der Waals surface area contributed by atoms with E-state index in [1.54, 1.807) is 48.4 Å². The average Bonchev–Trinajstić information content (AvgIpc) is 3.01. The van der Waals surface area contributed by atoms with Crippen molar-refractivity contribution < 1.29 is 26.4 Å². The molecule has 0 saturated carbocycles. The van der Waals surface area contributed by atoms with Crippen LogP contribution in [-0.4, -0.2) is 95.2 Å². The van der Waals surface area contributed by atoms with Crippen LogP contribution < -0.4 is 9.64 Å². The van der Waals surface area contributed by atoms with Crippen molar-refractivity contribution in [2.24, 2.45) is 0 Å². The zero-order chi connectivity index (χ0) is 28.3. The van der Waals surface area contributed by atoms with Crippen molar-refractivity contribution in [2.75, 3.05) is 57.8 Å². The number of ether oxygens (including phenoxy) is 1. The van der Waals surface area contributed by atoms with E-state index in [4.69, 9.17) is 4.74 Å². The molecule has 1 amide bonds. The van der Waals surface area contributed by atoms with Gasteiger partial charge < -0.3 is 14.5 Å². The normalized spacial score (nSPS) is 19.4. The summed E-state index contributed by atoms with van der Waals surface area (Å²) in [6.07, 6.45) is 0. The van der Waals surface area contributed by atoms with Gasteiger partial charge in [-0.2, -0.15) is 8.61 Å². The van der Waals surface area contributed by atoms with Gasteiger partial charge in [-0.15, -0.1) is 0 Å². The number of rotatable bonds is 7. The molecule has 2 aliphatic rings. The molecule has 0 bridgehead atoms. The predicted molar refractivity (Wildman–Crippen MR) is 151 cm³/mol. The number of nitrogens with zero attached hydrogens (tertiary/aromatic N) is 4. The van der Waals surface area contributed by atoms with Gasteiger partial charge >= 0.3 is 0 Å².